The van der Waals surface area contributed by atoms with Crippen molar-refractivity contribution in [2.45, 2.75) is 32.2 Å². The van der Waals surface area contributed by atoms with Crippen molar-refractivity contribution in [3.63, 3.8) is 0 Å². The van der Waals surface area contributed by atoms with Crippen molar-refractivity contribution in [2.75, 3.05) is 13.1 Å². The molecule has 4 aromatic rings. The molecule has 1 amide bonds. The number of halogens is 2. The van der Waals surface area contributed by atoms with Crippen molar-refractivity contribution in [1.29, 1.82) is 0 Å². The van der Waals surface area contributed by atoms with Crippen LogP contribution in [0.2, 0.25) is 0 Å². The minimum atomic E-state index is -0.709. The number of fused-ring (bicyclic) bond motifs is 1. The number of aryl methyl sites for hydroxylation is 1. The number of aromatic nitrogens is 5. The lowest BCUT2D eigenvalue weighted by atomic mass is 9.95. The van der Waals surface area contributed by atoms with E-state index in [1.165, 1.54) is 10.7 Å². The van der Waals surface area contributed by atoms with E-state index in [1.54, 1.807) is 4.90 Å². The summed E-state index contributed by atoms with van der Waals surface area (Å²) in [4.78, 5) is 34.6. The molecular weight excluding hydrogens is 442 g/mol. The fourth-order valence-corrected chi connectivity index (χ4v) is 4.23. The van der Waals surface area contributed by atoms with Crippen molar-refractivity contribution in [1.82, 2.24) is 29.9 Å². The zero-order valence-electron chi connectivity index (χ0n) is 18.5. The van der Waals surface area contributed by atoms with Gasteiger partial charge in [-0.2, -0.15) is 0 Å². The Morgan fingerprint density at radius 2 is 1.85 bits per heavy atom. The van der Waals surface area contributed by atoms with Crippen molar-refractivity contribution in [3.8, 4) is 0 Å². The minimum Gasteiger partial charge on any atom is -0.339 e. The Labute approximate surface area is 193 Å². The Morgan fingerprint density at radius 3 is 2.56 bits per heavy atom. The third kappa shape index (κ3) is 4.18. The van der Waals surface area contributed by atoms with Crippen LogP contribution in [-0.4, -0.2) is 48.9 Å². The summed E-state index contributed by atoms with van der Waals surface area (Å²) in [6, 6.07) is 10.8. The van der Waals surface area contributed by atoms with Crippen LogP contribution in [0.25, 0.3) is 11.2 Å². The zero-order chi connectivity index (χ0) is 23.8. The first-order valence-electron chi connectivity index (χ1n) is 11.0. The number of nitrogens with one attached hydrogen (secondary N) is 1. The molecule has 2 aromatic carbocycles. The molecule has 1 saturated heterocycles. The van der Waals surface area contributed by atoms with Gasteiger partial charge in [0.2, 0.25) is 0 Å². The van der Waals surface area contributed by atoms with Crippen LogP contribution in [0.15, 0.2) is 47.3 Å². The summed E-state index contributed by atoms with van der Waals surface area (Å²) in [5, 5.41) is 7.83. The summed E-state index contributed by atoms with van der Waals surface area (Å²) < 4.78 is 28.7. The number of piperidine rings is 1. The molecule has 0 radical (unpaired) electrons. The standard InChI is InChI=1S/C24H22F2N6O2/c1-14-2-4-16(5-3-14)24(34)31-10-8-15(9-11-31)21-27-22-20(23(33)28-21)29-30-32(22)13-17-6-7-18(25)12-19(17)26/h2-7,12,15H,8-11,13H2,1H3,(H,27,28,33). The summed E-state index contributed by atoms with van der Waals surface area (Å²) >= 11 is 0. The molecule has 8 nitrogen and oxygen atoms in total. The predicted octanol–water partition coefficient (Wildman–Crippen LogP) is 3.17. The Kier molecular flexibility index (Phi) is 5.64. The molecule has 3 heterocycles. The van der Waals surface area contributed by atoms with Crippen molar-refractivity contribution in [2.24, 2.45) is 0 Å². The topological polar surface area (TPSA) is 96.8 Å². The molecule has 10 heteroatoms. The summed E-state index contributed by atoms with van der Waals surface area (Å²) in [5.41, 5.74) is 1.82. The monoisotopic (exact) mass is 464 g/mol. The summed E-state index contributed by atoms with van der Waals surface area (Å²) in [6.45, 7) is 3.01. The molecule has 1 fully saturated rings. The quantitative estimate of drug-likeness (QED) is 0.501. The van der Waals surface area contributed by atoms with Crippen LogP contribution in [-0.2, 0) is 6.54 Å². The number of aromatic amines is 1. The molecule has 1 aliphatic heterocycles. The molecule has 1 N–H and O–H groups in total. The number of carbonyl (C=O) groups is 1. The highest BCUT2D eigenvalue weighted by atomic mass is 19.1. The van der Waals surface area contributed by atoms with Crippen molar-refractivity contribution in [3.05, 3.63) is 87.0 Å². The number of likely N-dealkylation sites (tertiary alicyclic amines) is 1. The van der Waals surface area contributed by atoms with E-state index in [1.807, 2.05) is 31.2 Å². The molecule has 0 bridgehead atoms. The first-order valence-corrected chi connectivity index (χ1v) is 11.0. The molecule has 0 atom stereocenters. The largest absolute Gasteiger partial charge is 0.339 e. The van der Waals surface area contributed by atoms with E-state index < -0.39 is 17.2 Å². The van der Waals surface area contributed by atoms with E-state index in [4.69, 9.17) is 0 Å². The van der Waals surface area contributed by atoms with Crippen LogP contribution in [0.4, 0.5) is 8.78 Å². The Hall–Kier alpha value is -3.95. The molecule has 0 saturated carbocycles. The number of nitrogens with zero attached hydrogens (tertiary/aromatic N) is 5. The molecular formula is C24H22F2N6O2. The third-order valence-corrected chi connectivity index (χ3v) is 6.19. The zero-order valence-corrected chi connectivity index (χ0v) is 18.5. The minimum absolute atomic E-state index is 0.0149. The normalized spacial score (nSPS) is 14.6. The van der Waals surface area contributed by atoms with E-state index in [0.29, 0.717) is 37.3 Å². The van der Waals surface area contributed by atoms with Gasteiger partial charge in [-0.3, -0.25) is 9.59 Å². The Balaban J connectivity index is 1.35. The molecule has 0 spiro atoms. The Bertz CT molecular complexity index is 1420. The highest BCUT2D eigenvalue weighted by Crippen LogP contribution is 2.26. The van der Waals surface area contributed by atoms with E-state index >= 15 is 0 Å². The van der Waals surface area contributed by atoms with Crippen molar-refractivity contribution >= 4 is 17.1 Å². The van der Waals surface area contributed by atoms with E-state index in [9.17, 15) is 18.4 Å². The number of amides is 1. The van der Waals surface area contributed by atoms with Gasteiger partial charge in [-0.25, -0.2) is 18.4 Å². The molecule has 1 aliphatic rings. The number of hydrogen-bond acceptors (Lipinski definition) is 5. The fraction of sp³-hybridized carbons (Fsp3) is 0.292. The molecule has 174 valence electrons. The van der Waals surface area contributed by atoms with Crippen LogP contribution in [0.1, 0.15) is 46.1 Å². The van der Waals surface area contributed by atoms with Gasteiger partial charge in [-0.1, -0.05) is 29.0 Å². The van der Waals surface area contributed by atoms with Crippen LogP contribution < -0.4 is 5.56 Å². The SMILES string of the molecule is Cc1ccc(C(=O)N2CCC(c3nc4c(nnn4Cc4ccc(F)cc4F)c(=O)[nH]3)CC2)cc1. The summed E-state index contributed by atoms with van der Waals surface area (Å²) in [6.07, 6.45) is 1.28. The third-order valence-electron chi connectivity index (χ3n) is 6.19. The van der Waals surface area contributed by atoms with Gasteiger partial charge < -0.3 is 9.88 Å². The first kappa shape index (κ1) is 21.9. The number of rotatable bonds is 4. The van der Waals surface area contributed by atoms with Gasteiger partial charge in [0.15, 0.2) is 11.2 Å². The average molecular weight is 464 g/mol. The highest BCUT2D eigenvalue weighted by Gasteiger charge is 2.27. The van der Waals surface area contributed by atoms with Gasteiger partial charge in [0.1, 0.15) is 17.5 Å². The highest BCUT2D eigenvalue weighted by molar-refractivity contribution is 5.94. The number of benzene rings is 2. The fourth-order valence-electron chi connectivity index (χ4n) is 4.23. The maximum absolute atomic E-state index is 14.1. The summed E-state index contributed by atoms with van der Waals surface area (Å²) in [5.74, 6) is -0.958. The van der Waals surface area contributed by atoms with Gasteiger partial charge in [0, 0.05) is 36.2 Å². The molecule has 34 heavy (non-hydrogen) atoms. The average Bonchev–Trinajstić information content (AvgIpc) is 3.24. The second-order valence-electron chi connectivity index (χ2n) is 8.54. The molecule has 5 rings (SSSR count). The van der Waals surface area contributed by atoms with Crippen LogP contribution in [0, 0.1) is 18.6 Å². The van der Waals surface area contributed by atoms with Gasteiger partial charge in [0.05, 0.1) is 6.54 Å². The van der Waals surface area contributed by atoms with Gasteiger partial charge in [-0.15, -0.1) is 5.10 Å². The number of hydrogen-bond donors (Lipinski definition) is 1. The first-order chi connectivity index (χ1) is 16.4. The second kappa shape index (κ2) is 8.77. The van der Waals surface area contributed by atoms with Crippen LogP contribution >= 0.6 is 0 Å². The smallest absolute Gasteiger partial charge is 0.281 e. The number of H-pyrrole nitrogens is 1. The lowest BCUT2D eigenvalue weighted by molar-refractivity contribution is 0.0711. The molecule has 2 aromatic heterocycles. The second-order valence-corrected chi connectivity index (χ2v) is 8.54. The van der Waals surface area contributed by atoms with E-state index in [2.05, 4.69) is 20.3 Å². The lowest BCUT2D eigenvalue weighted by Crippen LogP contribution is -2.38. The molecule has 0 unspecified atom stereocenters. The van der Waals surface area contributed by atoms with Gasteiger partial charge in [0.25, 0.3) is 11.5 Å². The number of carbonyl (C=O) groups excluding carboxylic acids is 1. The van der Waals surface area contributed by atoms with Crippen LogP contribution in [0.3, 0.4) is 0 Å². The maximum atomic E-state index is 14.1. The lowest BCUT2D eigenvalue weighted by Gasteiger charge is -2.31. The van der Waals surface area contributed by atoms with Gasteiger partial charge >= 0.3 is 0 Å². The van der Waals surface area contributed by atoms with Gasteiger partial charge in [-0.05, 0) is 38.0 Å². The predicted molar refractivity (Wildman–Crippen MR) is 120 cm³/mol. The van der Waals surface area contributed by atoms with Crippen molar-refractivity contribution < 1.29 is 13.6 Å². The summed E-state index contributed by atoms with van der Waals surface area (Å²) in [7, 11) is 0. The Morgan fingerprint density at radius 1 is 1.12 bits per heavy atom. The molecule has 0 aliphatic carbocycles. The van der Waals surface area contributed by atoms with E-state index in [0.717, 1.165) is 17.7 Å². The van der Waals surface area contributed by atoms with Crippen LogP contribution in [0.5, 0.6) is 0 Å². The maximum Gasteiger partial charge on any atom is 0.281 e. The van der Waals surface area contributed by atoms with E-state index in [-0.39, 0.29) is 35.1 Å².